The van der Waals surface area contributed by atoms with E-state index in [0.29, 0.717) is 6.42 Å². The van der Waals surface area contributed by atoms with Crippen LogP contribution < -0.4 is 10.1 Å². The molecule has 0 spiro atoms. The highest BCUT2D eigenvalue weighted by atomic mass is 35.5. The number of rotatable bonds is 8. The molecule has 174 valence electrons. The van der Waals surface area contributed by atoms with Crippen molar-refractivity contribution >= 4 is 23.2 Å². The molecule has 0 radical (unpaired) electrons. The number of hydrogen-bond acceptors (Lipinski definition) is 5. The molecule has 6 nitrogen and oxygen atoms in total. The molecular formula is C20H21ClF5N5O. The quantitative estimate of drug-likeness (QED) is 0.280. The van der Waals surface area contributed by atoms with Crippen molar-refractivity contribution in [1.29, 1.82) is 0 Å². The molecule has 1 N–H and O–H groups in total. The molecule has 0 aliphatic carbocycles. The van der Waals surface area contributed by atoms with Gasteiger partial charge in [0.25, 0.3) is 0 Å². The molecule has 1 aromatic carbocycles. The summed E-state index contributed by atoms with van der Waals surface area (Å²) in [6.45, 7) is 1.83. The normalized spacial score (nSPS) is 13.1. The maximum Gasteiger partial charge on any atom is 0.408 e. The van der Waals surface area contributed by atoms with Gasteiger partial charge in [-0.3, -0.25) is 4.40 Å². The van der Waals surface area contributed by atoms with Gasteiger partial charge in [-0.15, -0.1) is 0 Å². The third-order valence-electron chi connectivity index (χ3n) is 4.63. The largest absolute Gasteiger partial charge is 0.493 e. The first-order valence-electron chi connectivity index (χ1n) is 9.61. The monoisotopic (exact) mass is 477 g/mol. The second-order valence-corrected chi connectivity index (χ2v) is 7.76. The van der Waals surface area contributed by atoms with Crippen LogP contribution in [-0.2, 0) is 0 Å². The lowest BCUT2D eigenvalue weighted by molar-refractivity contribution is -0.138. The minimum Gasteiger partial charge on any atom is -0.493 e. The molecule has 0 amide bonds. The number of hydrogen-bond donors (Lipinski definition) is 1. The maximum atomic E-state index is 15.0. The zero-order chi connectivity index (χ0) is 23.6. The summed E-state index contributed by atoms with van der Waals surface area (Å²) in [5, 5.41) is 1.84. The Morgan fingerprint density at radius 2 is 1.84 bits per heavy atom. The van der Waals surface area contributed by atoms with Gasteiger partial charge in [0, 0.05) is 31.1 Å². The number of ether oxygens (including phenoxy) is 1. The highest BCUT2D eigenvalue weighted by Crippen LogP contribution is 2.40. The van der Waals surface area contributed by atoms with Crippen LogP contribution in [0.3, 0.4) is 0 Å². The van der Waals surface area contributed by atoms with Crippen LogP contribution >= 0.6 is 11.6 Å². The Labute approximate surface area is 186 Å². The molecule has 0 fully saturated rings. The van der Waals surface area contributed by atoms with Crippen LogP contribution in [-0.4, -0.2) is 58.7 Å². The van der Waals surface area contributed by atoms with E-state index < -0.39 is 34.6 Å². The standard InChI is InChI=1S/C20H21ClF5N5O/c1-11(20(24,25)26)28-18-16(17(21)29-19-27-5-7-31(18)19)15-13(22)9-12(10-14(15)23)32-8-4-6-30(2)3/h5,7,9-11,28H,4,6,8H2,1-3H3. The topological polar surface area (TPSA) is 54.7 Å². The Bertz CT molecular complexity index is 1080. The van der Waals surface area contributed by atoms with Crippen molar-refractivity contribution in [3.05, 3.63) is 41.3 Å². The fourth-order valence-corrected chi connectivity index (χ4v) is 3.27. The molecule has 12 heteroatoms. The van der Waals surface area contributed by atoms with E-state index in [-0.39, 0.29) is 29.5 Å². The van der Waals surface area contributed by atoms with Crippen molar-refractivity contribution in [3.63, 3.8) is 0 Å². The second kappa shape index (κ2) is 9.45. The van der Waals surface area contributed by atoms with Gasteiger partial charge in [0.1, 0.15) is 34.4 Å². The van der Waals surface area contributed by atoms with Gasteiger partial charge in [-0.2, -0.15) is 18.2 Å². The van der Waals surface area contributed by atoms with Gasteiger partial charge in [0.2, 0.25) is 5.78 Å². The molecule has 2 heterocycles. The Morgan fingerprint density at radius 1 is 1.19 bits per heavy atom. The van der Waals surface area contributed by atoms with Gasteiger partial charge in [-0.25, -0.2) is 13.8 Å². The fourth-order valence-electron chi connectivity index (χ4n) is 3.01. The van der Waals surface area contributed by atoms with E-state index in [1.165, 1.54) is 12.4 Å². The summed E-state index contributed by atoms with van der Waals surface area (Å²) in [5.41, 5.74) is -0.988. The molecule has 0 aliphatic rings. The van der Waals surface area contributed by atoms with Crippen molar-refractivity contribution in [1.82, 2.24) is 19.3 Å². The zero-order valence-electron chi connectivity index (χ0n) is 17.5. The van der Waals surface area contributed by atoms with Crippen LogP contribution in [0.5, 0.6) is 5.75 Å². The first-order chi connectivity index (χ1) is 15.0. The van der Waals surface area contributed by atoms with Crippen molar-refractivity contribution in [2.24, 2.45) is 0 Å². The van der Waals surface area contributed by atoms with E-state index in [1.54, 1.807) is 0 Å². The van der Waals surface area contributed by atoms with Crippen molar-refractivity contribution < 1.29 is 26.7 Å². The van der Waals surface area contributed by atoms with Gasteiger partial charge in [0.15, 0.2) is 0 Å². The summed E-state index contributed by atoms with van der Waals surface area (Å²) in [5.74, 6) is -2.48. The smallest absolute Gasteiger partial charge is 0.408 e. The summed E-state index contributed by atoms with van der Waals surface area (Å²) in [6.07, 6.45) is -1.40. The van der Waals surface area contributed by atoms with Gasteiger partial charge in [-0.05, 0) is 27.4 Å². The van der Waals surface area contributed by atoms with Crippen LogP contribution in [0.15, 0.2) is 24.5 Å². The summed E-state index contributed by atoms with van der Waals surface area (Å²) >= 11 is 6.16. The Balaban J connectivity index is 2.05. The van der Waals surface area contributed by atoms with E-state index in [2.05, 4.69) is 15.3 Å². The molecule has 3 rings (SSSR count). The molecule has 3 aromatic rings. The number of anilines is 1. The average Bonchev–Trinajstić information content (AvgIpc) is 3.13. The SMILES string of the molecule is CC(Nc1c(-c2c(F)cc(OCCCN(C)C)cc2F)c(Cl)nc2nccn12)C(F)(F)F. The number of nitrogens with zero attached hydrogens (tertiary/aromatic N) is 4. The predicted octanol–water partition coefficient (Wildman–Crippen LogP) is 5.02. The number of alkyl halides is 3. The molecule has 2 aromatic heterocycles. The molecular weight excluding hydrogens is 457 g/mol. The lowest BCUT2D eigenvalue weighted by Crippen LogP contribution is -2.34. The number of imidazole rings is 1. The van der Waals surface area contributed by atoms with E-state index in [9.17, 15) is 13.2 Å². The van der Waals surface area contributed by atoms with Crippen molar-refractivity contribution in [3.8, 4) is 16.9 Å². The number of halogens is 6. The third kappa shape index (κ3) is 5.21. The summed E-state index contributed by atoms with van der Waals surface area (Å²) in [7, 11) is 3.77. The van der Waals surface area contributed by atoms with Gasteiger partial charge < -0.3 is 15.0 Å². The van der Waals surface area contributed by atoms with E-state index in [1.807, 2.05) is 19.0 Å². The molecule has 0 saturated heterocycles. The lowest BCUT2D eigenvalue weighted by Gasteiger charge is -2.22. The molecule has 1 atom stereocenters. The number of aromatic nitrogens is 3. The summed E-state index contributed by atoms with van der Waals surface area (Å²) in [6, 6.07) is -0.130. The number of fused-ring (bicyclic) bond motifs is 1. The highest BCUT2D eigenvalue weighted by molar-refractivity contribution is 6.33. The molecule has 0 bridgehead atoms. The van der Waals surface area contributed by atoms with Gasteiger partial charge in [0.05, 0.1) is 17.7 Å². The maximum absolute atomic E-state index is 15.0. The van der Waals surface area contributed by atoms with Crippen LogP contribution in [0.1, 0.15) is 13.3 Å². The first-order valence-corrected chi connectivity index (χ1v) is 9.99. The fraction of sp³-hybridized carbons (Fsp3) is 0.400. The lowest BCUT2D eigenvalue weighted by atomic mass is 10.1. The van der Waals surface area contributed by atoms with E-state index >= 15 is 8.78 Å². The van der Waals surface area contributed by atoms with Crippen molar-refractivity contribution in [2.45, 2.75) is 25.6 Å². The van der Waals surface area contributed by atoms with E-state index in [4.69, 9.17) is 16.3 Å². The van der Waals surface area contributed by atoms with Gasteiger partial charge >= 0.3 is 6.18 Å². The molecule has 32 heavy (non-hydrogen) atoms. The number of nitrogens with one attached hydrogen (secondary N) is 1. The average molecular weight is 478 g/mol. The minimum atomic E-state index is -4.62. The molecule has 0 aliphatic heterocycles. The van der Waals surface area contributed by atoms with Crippen LogP contribution in [0.25, 0.3) is 16.9 Å². The van der Waals surface area contributed by atoms with Gasteiger partial charge in [-0.1, -0.05) is 11.6 Å². The van der Waals surface area contributed by atoms with Crippen LogP contribution in [0.4, 0.5) is 27.8 Å². The Morgan fingerprint density at radius 3 is 2.44 bits per heavy atom. The van der Waals surface area contributed by atoms with Crippen LogP contribution in [0, 0.1) is 11.6 Å². The second-order valence-electron chi connectivity index (χ2n) is 7.40. The third-order valence-corrected chi connectivity index (χ3v) is 4.91. The predicted molar refractivity (Wildman–Crippen MR) is 111 cm³/mol. The molecule has 1 unspecified atom stereocenters. The Hall–Kier alpha value is -2.66. The Kier molecular flexibility index (Phi) is 7.09. The minimum absolute atomic E-state index is 0.0303. The highest BCUT2D eigenvalue weighted by Gasteiger charge is 2.37. The van der Waals surface area contributed by atoms with Crippen molar-refractivity contribution in [2.75, 3.05) is 32.6 Å². The number of benzene rings is 1. The van der Waals surface area contributed by atoms with Crippen LogP contribution in [0.2, 0.25) is 5.15 Å². The zero-order valence-corrected chi connectivity index (χ0v) is 18.2. The van der Waals surface area contributed by atoms with E-state index in [0.717, 1.165) is 30.0 Å². The molecule has 0 saturated carbocycles. The summed E-state index contributed by atoms with van der Waals surface area (Å²) < 4.78 is 76.2. The first kappa shape index (κ1) is 24.0. The summed E-state index contributed by atoms with van der Waals surface area (Å²) in [4.78, 5) is 9.78.